The highest BCUT2D eigenvalue weighted by Crippen LogP contribution is 2.29. The lowest BCUT2D eigenvalue weighted by Crippen LogP contribution is -2.40. The van der Waals surface area contributed by atoms with E-state index >= 15 is 0 Å². The molecule has 0 fully saturated rings. The zero-order valence-corrected chi connectivity index (χ0v) is 20.0. The molecule has 3 aromatic rings. The van der Waals surface area contributed by atoms with Crippen LogP contribution >= 0.6 is 11.6 Å². The molecule has 0 aliphatic rings. The molecule has 7 nitrogen and oxygen atoms in total. The number of aliphatic carboxylic acids is 1. The van der Waals surface area contributed by atoms with Gasteiger partial charge < -0.3 is 15.0 Å². The van der Waals surface area contributed by atoms with Crippen LogP contribution in [0.3, 0.4) is 0 Å². The predicted molar refractivity (Wildman–Crippen MR) is 124 cm³/mol. The summed E-state index contributed by atoms with van der Waals surface area (Å²) < 4.78 is 25.1. The maximum atomic E-state index is 12.9. The zero-order chi connectivity index (χ0) is 24.0. The summed E-state index contributed by atoms with van der Waals surface area (Å²) in [6, 6.07) is 11.0. The fraction of sp³-hybridized carbons (Fsp3) is 0.304. The molecule has 1 amide bonds. The number of carboxylic acid groups (broad SMARTS) is 1. The van der Waals surface area contributed by atoms with Crippen molar-refractivity contribution in [2.45, 2.75) is 43.4 Å². The average Bonchev–Trinajstić information content (AvgIpc) is 3.04. The number of nitrogens with one attached hydrogen (secondary N) is 1. The van der Waals surface area contributed by atoms with E-state index in [1.165, 1.54) is 12.1 Å². The van der Waals surface area contributed by atoms with Crippen molar-refractivity contribution in [2.75, 3.05) is 0 Å². The van der Waals surface area contributed by atoms with E-state index in [0.29, 0.717) is 16.3 Å². The topological polar surface area (TPSA) is 105 Å². The summed E-state index contributed by atoms with van der Waals surface area (Å²) in [5.41, 5.74) is 2.97. The molecular formula is C23H25ClN2O5S. The van der Waals surface area contributed by atoms with Gasteiger partial charge >= 0.3 is 5.97 Å². The lowest BCUT2D eigenvalue weighted by molar-refractivity contribution is -0.139. The maximum Gasteiger partial charge on any atom is 0.324 e. The Morgan fingerprint density at radius 2 is 1.72 bits per heavy atom. The van der Waals surface area contributed by atoms with Crippen LogP contribution in [0.5, 0.6) is 0 Å². The number of benzene rings is 2. The van der Waals surface area contributed by atoms with Crippen LogP contribution in [-0.2, 0) is 21.7 Å². The van der Waals surface area contributed by atoms with E-state index in [9.17, 15) is 23.1 Å². The van der Waals surface area contributed by atoms with Gasteiger partial charge in [-0.05, 0) is 69.2 Å². The molecule has 0 aliphatic heterocycles. The highest BCUT2D eigenvalue weighted by Gasteiger charge is 2.43. The van der Waals surface area contributed by atoms with Gasteiger partial charge in [-0.3, -0.25) is 9.59 Å². The number of hydrogen-bond acceptors (Lipinski definition) is 4. The highest BCUT2D eigenvalue weighted by molar-refractivity contribution is 7.93. The van der Waals surface area contributed by atoms with Crippen LogP contribution < -0.4 is 5.32 Å². The molecule has 0 spiro atoms. The van der Waals surface area contributed by atoms with E-state index < -0.39 is 26.6 Å². The molecule has 0 saturated heterocycles. The standard InChI is InChI=1S/C23H25ClN2O5S/c1-13-10-18(24)17-12-20(26(5)19(17)11-13)21(27)25-14(2)15-6-8-16(9-7-15)32(30,31)23(3,4)22(28)29/h6-12,14H,1-5H3,(H,25,27)(H,28,29)/t14-/m1/s1. The number of carbonyl (C=O) groups is 2. The zero-order valence-electron chi connectivity index (χ0n) is 18.4. The van der Waals surface area contributed by atoms with Gasteiger partial charge in [0.15, 0.2) is 14.6 Å². The first-order chi connectivity index (χ1) is 14.8. The van der Waals surface area contributed by atoms with E-state index in [-0.39, 0.29) is 10.8 Å². The molecule has 1 heterocycles. The van der Waals surface area contributed by atoms with Crippen molar-refractivity contribution in [1.29, 1.82) is 0 Å². The van der Waals surface area contributed by atoms with Crippen LogP contribution in [0, 0.1) is 6.92 Å². The molecule has 1 atom stereocenters. The van der Waals surface area contributed by atoms with Gasteiger partial charge in [-0.15, -0.1) is 0 Å². The van der Waals surface area contributed by atoms with Crippen molar-refractivity contribution < 1.29 is 23.1 Å². The van der Waals surface area contributed by atoms with E-state index in [1.807, 2.05) is 19.1 Å². The van der Waals surface area contributed by atoms with E-state index in [4.69, 9.17) is 11.6 Å². The Labute approximate surface area is 191 Å². The first kappa shape index (κ1) is 23.8. The number of halogens is 1. The average molecular weight is 477 g/mol. The predicted octanol–water partition coefficient (Wildman–Crippen LogP) is 4.27. The van der Waals surface area contributed by atoms with Crippen molar-refractivity contribution in [1.82, 2.24) is 9.88 Å². The molecule has 2 aromatic carbocycles. The highest BCUT2D eigenvalue weighted by atomic mass is 35.5. The molecular weight excluding hydrogens is 452 g/mol. The minimum atomic E-state index is -4.08. The molecule has 9 heteroatoms. The van der Waals surface area contributed by atoms with Gasteiger partial charge in [-0.2, -0.15) is 0 Å². The Morgan fingerprint density at radius 3 is 2.28 bits per heavy atom. The van der Waals surface area contributed by atoms with Gasteiger partial charge in [0.1, 0.15) is 5.69 Å². The third-order valence-corrected chi connectivity index (χ3v) is 8.44. The number of sulfone groups is 1. The lowest BCUT2D eigenvalue weighted by Gasteiger charge is -2.20. The van der Waals surface area contributed by atoms with Crippen LogP contribution in [0.1, 0.15) is 48.4 Å². The second-order valence-corrected chi connectivity index (χ2v) is 11.3. The van der Waals surface area contributed by atoms with Crippen LogP contribution in [0.4, 0.5) is 0 Å². The maximum absolute atomic E-state index is 12.9. The van der Waals surface area contributed by atoms with Crippen molar-refractivity contribution in [3.05, 3.63) is 64.3 Å². The SMILES string of the molecule is Cc1cc(Cl)c2cc(C(=O)N[C@H](C)c3ccc(S(=O)(=O)C(C)(C)C(=O)O)cc3)n(C)c2c1. The second-order valence-electron chi connectivity index (χ2n) is 8.35. The molecule has 0 radical (unpaired) electrons. The van der Waals surface area contributed by atoms with Gasteiger partial charge in [0.25, 0.3) is 5.91 Å². The third-order valence-electron chi connectivity index (χ3n) is 5.71. The molecule has 0 unspecified atom stereocenters. The number of aryl methyl sites for hydroxylation is 2. The molecule has 170 valence electrons. The Morgan fingerprint density at radius 1 is 1.12 bits per heavy atom. The van der Waals surface area contributed by atoms with Gasteiger partial charge in [-0.1, -0.05) is 23.7 Å². The summed E-state index contributed by atoms with van der Waals surface area (Å²) in [5.74, 6) is -1.72. The molecule has 0 saturated carbocycles. The number of amides is 1. The number of nitrogens with zero attached hydrogens (tertiary/aromatic N) is 1. The Hall–Kier alpha value is -2.84. The van der Waals surface area contributed by atoms with Crippen molar-refractivity contribution in [2.24, 2.45) is 7.05 Å². The number of fused-ring (bicyclic) bond motifs is 1. The Balaban J connectivity index is 1.84. The van der Waals surface area contributed by atoms with Crippen LogP contribution in [0.2, 0.25) is 5.02 Å². The van der Waals surface area contributed by atoms with Gasteiger partial charge in [0.2, 0.25) is 0 Å². The van der Waals surface area contributed by atoms with Crippen molar-refractivity contribution in [3.63, 3.8) is 0 Å². The first-order valence-electron chi connectivity index (χ1n) is 9.91. The number of aromatic nitrogens is 1. The molecule has 3 rings (SSSR count). The second kappa shape index (κ2) is 8.26. The summed E-state index contributed by atoms with van der Waals surface area (Å²) >= 11 is 6.33. The molecule has 2 N–H and O–H groups in total. The first-order valence-corrected chi connectivity index (χ1v) is 11.8. The van der Waals surface area contributed by atoms with Crippen LogP contribution in [0.15, 0.2) is 47.4 Å². The third kappa shape index (κ3) is 4.00. The number of carbonyl (C=O) groups excluding carboxylic acids is 1. The minimum absolute atomic E-state index is 0.0918. The molecule has 0 aliphatic carbocycles. The summed E-state index contributed by atoms with van der Waals surface area (Å²) in [5, 5.41) is 13.5. The van der Waals surface area contributed by atoms with Crippen LogP contribution in [0.25, 0.3) is 10.9 Å². The fourth-order valence-electron chi connectivity index (χ4n) is 3.44. The lowest BCUT2D eigenvalue weighted by atomic mass is 10.1. The number of hydrogen-bond donors (Lipinski definition) is 2. The smallest absolute Gasteiger partial charge is 0.324 e. The monoisotopic (exact) mass is 476 g/mol. The van der Waals surface area contributed by atoms with E-state index in [0.717, 1.165) is 30.3 Å². The van der Waals surface area contributed by atoms with E-state index in [2.05, 4.69) is 5.32 Å². The molecule has 1 aromatic heterocycles. The molecule has 0 bridgehead atoms. The number of rotatable bonds is 6. The largest absolute Gasteiger partial charge is 0.480 e. The van der Waals surface area contributed by atoms with Crippen LogP contribution in [-0.4, -0.2) is 34.7 Å². The summed E-state index contributed by atoms with van der Waals surface area (Å²) in [6.45, 7) is 6.02. The van der Waals surface area contributed by atoms with Crippen molar-refractivity contribution >= 4 is 44.2 Å². The Bertz CT molecular complexity index is 1320. The quantitative estimate of drug-likeness (QED) is 0.552. The minimum Gasteiger partial charge on any atom is -0.480 e. The van der Waals surface area contributed by atoms with Gasteiger partial charge in [0, 0.05) is 12.4 Å². The normalized spacial score (nSPS) is 13.2. The number of carboxylic acids is 1. The summed E-state index contributed by atoms with van der Waals surface area (Å²) in [7, 11) is -2.28. The van der Waals surface area contributed by atoms with Gasteiger partial charge in [-0.25, -0.2) is 8.42 Å². The summed E-state index contributed by atoms with van der Waals surface area (Å²) in [6.07, 6.45) is 0. The van der Waals surface area contributed by atoms with Crippen molar-refractivity contribution in [3.8, 4) is 0 Å². The molecule has 32 heavy (non-hydrogen) atoms. The fourth-order valence-corrected chi connectivity index (χ4v) is 5.07. The van der Waals surface area contributed by atoms with E-state index in [1.54, 1.807) is 36.7 Å². The Kier molecular flexibility index (Phi) is 6.14. The summed E-state index contributed by atoms with van der Waals surface area (Å²) in [4.78, 5) is 24.2. The van der Waals surface area contributed by atoms with Gasteiger partial charge in [0.05, 0.1) is 21.5 Å².